The van der Waals surface area contributed by atoms with E-state index in [1.165, 1.54) is 0 Å². The number of nitrogens with zero attached hydrogens (tertiary/aromatic N) is 1. The number of rotatable bonds is 11. The molecular weight excluding hydrogens is 358 g/mol. The molecule has 3 N–H and O–H groups in total. The van der Waals surface area contributed by atoms with Crippen LogP contribution in [0.5, 0.6) is 0 Å². The highest BCUT2D eigenvalue weighted by Crippen LogP contribution is 2.15. The normalized spacial score (nSPS) is 13.9. The number of nitrogens with two attached hydrogens (primary N) is 1. The van der Waals surface area contributed by atoms with E-state index in [1.54, 1.807) is 0 Å². The SMILES string of the molecule is CCC/C(C(CC)=NCCC(C)CC)=C(/N)C(=O)NCc1ccc(Cl)cc1. The molecule has 1 aromatic carbocycles. The van der Waals surface area contributed by atoms with Gasteiger partial charge in [0.2, 0.25) is 0 Å². The van der Waals surface area contributed by atoms with Crippen molar-refractivity contribution in [3.05, 3.63) is 46.1 Å². The number of carbonyl (C=O) groups is 1. The van der Waals surface area contributed by atoms with Gasteiger partial charge in [0.05, 0.1) is 0 Å². The molecule has 0 fully saturated rings. The molecule has 1 atom stereocenters. The molecule has 0 radical (unpaired) electrons. The van der Waals surface area contributed by atoms with Gasteiger partial charge in [0.25, 0.3) is 5.91 Å². The predicted molar refractivity (Wildman–Crippen MR) is 116 cm³/mol. The Balaban J connectivity index is 2.87. The molecule has 0 aliphatic heterocycles. The van der Waals surface area contributed by atoms with Crippen molar-refractivity contribution in [1.29, 1.82) is 0 Å². The fourth-order valence-corrected chi connectivity index (χ4v) is 2.87. The van der Waals surface area contributed by atoms with Gasteiger partial charge in [-0.15, -0.1) is 0 Å². The molecule has 1 amide bonds. The maximum absolute atomic E-state index is 12.6. The molecule has 0 spiro atoms. The van der Waals surface area contributed by atoms with E-state index in [2.05, 4.69) is 33.0 Å². The number of aliphatic imine (C=N–C) groups is 1. The third kappa shape index (κ3) is 8.17. The molecule has 4 nitrogen and oxygen atoms in total. The first-order chi connectivity index (χ1) is 12.9. The molecule has 150 valence electrons. The molecule has 5 heteroatoms. The third-order valence-corrected chi connectivity index (χ3v) is 4.99. The van der Waals surface area contributed by atoms with E-state index in [-0.39, 0.29) is 11.6 Å². The lowest BCUT2D eigenvalue weighted by Gasteiger charge is -2.14. The van der Waals surface area contributed by atoms with Crippen LogP contribution in [0.15, 0.2) is 40.5 Å². The zero-order valence-corrected chi connectivity index (χ0v) is 17.9. The van der Waals surface area contributed by atoms with Crippen LogP contribution in [-0.2, 0) is 11.3 Å². The molecule has 1 unspecified atom stereocenters. The number of halogens is 1. The van der Waals surface area contributed by atoms with Gasteiger partial charge >= 0.3 is 0 Å². The average Bonchev–Trinajstić information content (AvgIpc) is 2.68. The van der Waals surface area contributed by atoms with Gasteiger partial charge in [0, 0.05) is 29.4 Å². The van der Waals surface area contributed by atoms with Crippen molar-refractivity contribution in [2.24, 2.45) is 16.6 Å². The van der Waals surface area contributed by atoms with Gasteiger partial charge in [-0.3, -0.25) is 9.79 Å². The molecule has 0 aromatic heterocycles. The van der Waals surface area contributed by atoms with Crippen LogP contribution in [0.4, 0.5) is 0 Å². The molecule has 0 saturated heterocycles. The lowest BCUT2D eigenvalue weighted by Crippen LogP contribution is -2.30. The number of allylic oxidation sites excluding steroid dienone is 1. The van der Waals surface area contributed by atoms with Gasteiger partial charge in [0.1, 0.15) is 5.70 Å². The Morgan fingerprint density at radius 3 is 2.44 bits per heavy atom. The Morgan fingerprint density at radius 1 is 1.22 bits per heavy atom. The average molecular weight is 392 g/mol. The van der Waals surface area contributed by atoms with E-state index in [9.17, 15) is 4.79 Å². The second kappa shape index (κ2) is 12.6. The summed E-state index contributed by atoms with van der Waals surface area (Å²) in [4.78, 5) is 17.3. The zero-order valence-electron chi connectivity index (χ0n) is 17.1. The predicted octanol–water partition coefficient (Wildman–Crippen LogP) is 5.26. The van der Waals surface area contributed by atoms with E-state index in [4.69, 9.17) is 22.3 Å². The summed E-state index contributed by atoms with van der Waals surface area (Å²) in [7, 11) is 0. The summed E-state index contributed by atoms with van der Waals surface area (Å²) >= 11 is 5.89. The van der Waals surface area contributed by atoms with Crippen LogP contribution in [0.25, 0.3) is 0 Å². The number of nitrogens with one attached hydrogen (secondary N) is 1. The van der Waals surface area contributed by atoms with Gasteiger partial charge in [-0.2, -0.15) is 0 Å². The smallest absolute Gasteiger partial charge is 0.267 e. The summed E-state index contributed by atoms with van der Waals surface area (Å²) in [6.07, 6.45) is 4.67. The minimum atomic E-state index is -0.239. The van der Waals surface area contributed by atoms with E-state index in [0.29, 0.717) is 17.5 Å². The van der Waals surface area contributed by atoms with Gasteiger partial charge in [0.15, 0.2) is 0 Å². The van der Waals surface area contributed by atoms with Gasteiger partial charge in [-0.1, -0.05) is 64.3 Å². The minimum absolute atomic E-state index is 0.239. The quantitative estimate of drug-likeness (QED) is 0.399. The highest BCUT2D eigenvalue weighted by molar-refractivity contribution is 6.30. The van der Waals surface area contributed by atoms with Crippen molar-refractivity contribution >= 4 is 23.2 Å². The Labute approximate surface area is 169 Å². The first-order valence-corrected chi connectivity index (χ1v) is 10.4. The maximum atomic E-state index is 12.6. The van der Waals surface area contributed by atoms with E-state index in [1.807, 2.05) is 24.3 Å². The van der Waals surface area contributed by atoms with Crippen LogP contribution in [0.2, 0.25) is 5.02 Å². The van der Waals surface area contributed by atoms with Crippen molar-refractivity contribution in [3.63, 3.8) is 0 Å². The number of hydrogen-bond acceptors (Lipinski definition) is 3. The summed E-state index contributed by atoms with van der Waals surface area (Å²) in [6.45, 7) is 9.79. The Hall–Kier alpha value is -1.81. The van der Waals surface area contributed by atoms with Crippen molar-refractivity contribution in [3.8, 4) is 0 Å². The summed E-state index contributed by atoms with van der Waals surface area (Å²) in [5.41, 5.74) is 9.35. The van der Waals surface area contributed by atoms with Crippen molar-refractivity contribution < 1.29 is 4.79 Å². The fourth-order valence-electron chi connectivity index (χ4n) is 2.75. The van der Waals surface area contributed by atoms with Crippen LogP contribution in [0.1, 0.15) is 65.4 Å². The molecule has 0 aliphatic carbocycles. The maximum Gasteiger partial charge on any atom is 0.267 e. The number of carbonyl (C=O) groups excluding carboxylic acids is 1. The summed E-state index contributed by atoms with van der Waals surface area (Å²) < 4.78 is 0. The highest BCUT2D eigenvalue weighted by Gasteiger charge is 2.15. The van der Waals surface area contributed by atoms with Crippen LogP contribution < -0.4 is 11.1 Å². The Bertz CT molecular complexity index is 650. The number of amides is 1. The zero-order chi connectivity index (χ0) is 20.2. The van der Waals surface area contributed by atoms with Crippen LogP contribution in [0.3, 0.4) is 0 Å². The van der Waals surface area contributed by atoms with E-state index < -0.39 is 0 Å². The van der Waals surface area contributed by atoms with Gasteiger partial charge in [-0.05, 0) is 42.9 Å². The topological polar surface area (TPSA) is 67.5 Å². The number of benzene rings is 1. The van der Waals surface area contributed by atoms with Crippen molar-refractivity contribution in [1.82, 2.24) is 5.32 Å². The summed E-state index contributed by atoms with van der Waals surface area (Å²) in [5, 5.41) is 3.58. The monoisotopic (exact) mass is 391 g/mol. The first-order valence-electron chi connectivity index (χ1n) is 9.97. The van der Waals surface area contributed by atoms with Gasteiger partial charge in [-0.25, -0.2) is 0 Å². The van der Waals surface area contributed by atoms with Crippen molar-refractivity contribution in [2.45, 2.75) is 66.3 Å². The molecule has 0 heterocycles. The van der Waals surface area contributed by atoms with E-state index >= 15 is 0 Å². The molecule has 0 bridgehead atoms. The molecule has 1 rings (SSSR count). The largest absolute Gasteiger partial charge is 0.394 e. The lowest BCUT2D eigenvalue weighted by molar-refractivity contribution is -0.117. The Kier molecular flexibility index (Phi) is 10.8. The van der Waals surface area contributed by atoms with E-state index in [0.717, 1.165) is 55.5 Å². The Morgan fingerprint density at radius 2 is 1.89 bits per heavy atom. The van der Waals surface area contributed by atoms with Crippen molar-refractivity contribution in [2.75, 3.05) is 6.54 Å². The number of hydrogen-bond donors (Lipinski definition) is 2. The first kappa shape index (κ1) is 23.2. The third-order valence-electron chi connectivity index (χ3n) is 4.74. The molecule has 0 aliphatic rings. The van der Waals surface area contributed by atoms with Crippen LogP contribution >= 0.6 is 11.6 Å². The second-order valence-corrected chi connectivity index (χ2v) is 7.37. The molecule has 27 heavy (non-hydrogen) atoms. The lowest BCUT2D eigenvalue weighted by atomic mass is 10.00. The standard InChI is InChI=1S/C22H34ClN3O/c1-5-8-19(20(7-3)25-14-13-16(4)6-2)21(24)22(27)26-15-17-9-11-18(23)12-10-17/h9-12,16H,5-8,13-15,24H2,1-4H3,(H,26,27)/b21-19-,25-20?. The van der Waals surface area contributed by atoms with Crippen LogP contribution in [0, 0.1) is 5.92 Å². The minimum Gasteiger partial charge on any atom is -0.394 e. The second-order valence-electron chi connectivity index (χ2n) is 6.94. The summed E-state index contributed by atoms with van der Waals surface area (Å²) in [5.74, 6) is 0.418. The molecule has 1 aromatic rings. The van der Waals surface area contributed by atoms with Crippen LogP contribution in [-0.4, -0.2) is 18.2 Å². The highest BCUT2D eigenvalue weighted by atomic mass is 35.5. The molecular formula is C22H34ClN3O. The fraction of sp³-hybridized carbons (Fsp3) is 0.545. The molecule has 0 saturated carbocycles. The van der Waals surface area contributed by atoms with Gasteiger partial charge < -0.3 is 11.1 Å². The summed E-state index contributed by atoms with van der Waals surface area (Å²) in [6, 6.07) is 7.40.